The minimum absolute atomic E-state index is 0.301. The van der Waals surface area contributed by atoms with E-state index in [1.807, 2.05) is 19.2 Å². The second kappa shape index (κ2) is 5.93. The van der Waals surface area contributed by atoms with E-state index in [2.05, 4.69) is 19.2 Å². The largest absolute Gasteiger partial charge is 0.462 e. The summed E-state index contributed by atoms with van der Waals surface area (Å²) < 4.78 is 10.7. The van der Waals surface area contributed by atoms with Crippen LogP contribution < -0.4 is 5.32 Å². The van der Waals surface area contributed by atoms with Crippen molar-refractivity contribution in [1.29, 1.82) is 0 Å². The zero-order valence-electron chi connectivity index (χ0n) is 10.0. The van der Waals surface area contributed by atoms with Gasteiger partial charge in [-0.2, -0.15) is 0 Å². The van der Waals surface area contributed by atoms with Crippen LogP contribution in [0.15, 0.2) is 16.5 Å². The predicted molar refractivity (Wildman–Crippen MR) is 60.7 cm³/mol. The van der Waals surface area contributed by atoms with Gasteiger partial charge in [0.1, 0.15) is 18.1 Å². The molecule has 0 spiro atoms. The number of methoxy groups -OCH3 is 1. The highest BCUT2D eigenvalue weighted by molar-refractivity contribution is 5.10. The third-order valence-corrected chi connectivity index (χ3v) is 2.37. The molecule has 1 atom stereocenters. The van der Waals surface area contributed by atoms with E-state index in [1.54, 1.807) is 7.11 Å². The molecule has 0 aromatic carbocycles. The van der Waals surface area contributed by atoms with Crippen LogP contribution in [0, 0.1) is 5.92 Å². The Morgan fingerprint density at radius 1 is 1.40 bits per heavy atom. The first-order valence-corrected chi connectivity index (χ1v) is 5.42. The zero-order valence-corrected chi connectivity index (χ0v) is 10.0. The predicted octanol–water partition coefficient (Wildman–Crippen LogP) is 2.73. The normalized spacial score (nSPS) is 13.4. The second-order valence-electron chi connectivity index (χ2n) is 4.21. The lowest BCUT2D eigenvalue weighted by Crippen LogP contribution is -2.17. The van der Waals surface area contributed by atoms with Gasteiger partial charge in [-0.05, 0) is 31.5 Å². The van der Waals surface area contributed by atoms with Crippen LogP contribution in [0.5, 0.6) is 0 Å². The first kappa shape index (κ1) is 12.3. The molecule has 0 fully saturated rings. The SMILES string of the molecule is CNC(CC(C)C)c1ccc(COC)o1. The second-order valence-corrected chi connectivity index (χ2v) is 4.21. The van der Waals surface area contributed by atoms with Gasteiger partial charge in [-0.15, -0.1) is 0 Å². The molecule has 1 aromatic heterocycles. The molecule has 1 unspecified atom stereocenters. The molecule has 1 rings (SSSR count). The van der Waals surface area contributed by atoms with Crippen molar-refractivity contribution in [2.45, 2.75) is 32.9 Å². The van der Waals surface area contributed by atoms with Gasteiger partial charge in [-0.25, -0.2) is 0 Å². The molecule has 1 aromatic rings. The van der Waals surface area contributed by atoms with Gasteiger partial charge in [-0.1, -0.05) is 13.8 Å². The van der Waals surface area contributed by atoms with Gasteiger partial charge in [0, 0.05) is 7.11 Å². The van der Waals surface area contributed by atoms with Gasteiger partial charge in [0.15, 0.2) is 0 Å². The lowest BCUT2D eigenvalue weighted by atomic mass is 10.0. The number of furan rings is 1. The number of hydrogen-bond donors (Lipinski definition) is 1. The van der Waals surface area contributed by atoms with Crippen LogP contribution in [0.2, 0.25) is 0 Å². The van der Waals surface area contributed by atoms with E-state index in [4.69, 9.17) is 9.15 Å². The van der Waals surface area contributed by atoms with Crippen molar-refractivity contribution in [3.63, 3.8) is 0 Å². The van der Waals surface area contributed by atoms with E-state index in [9.17, 15) is 0 Å². The summed E-state index contributed by atoms with van der Waals surface area (Å²) in [5.41, 5.74) is 0. The van der Waals surface area contributed by atoms with E-state index >= 15 is 0 Å². The molecule has 0 aliphatic carbocycles. The van der Waals surface area contributed by atoms with Gasteiger partial charge < -0.3 is 14.5 Å². The lowest BCUT2D eigenvalue weighted by molar-refractivity contribution is 0.161. The Balaban J connectivity index is 2.65. The van der Waals surface area contributed by atoms with Crippen molar-refractivity contribution in [2.24, 2.45) is 5.92 Å². The first-order chi connectivity index (χ1) is 7.17. The highest BCUT2D eigenvalue weighted by Gasteiger charge is 2.14. The van der Waals surface area contributed by atoms with Crippen LogP contribution in [-0.4, -0.2) is 14.2 Å². The van der Waals surface area contributed by atoms with Gasteiger partial charge in [0.25, 0.3) is 0 Å². The van der Waals surface area contributed by atoms with Crippen molar-refractivity contribution in [3.8, 4) is 0 Å². The van der Waals surface area contributed by atoms with Crippen LogP contribution >= 0.6 is 0 Å². The summed E-state index contributed by atoms with van der Waals surface area (Å²) in [7, 11) is 3.64. The van der Waals surface area contributed by atoms with Crippen LogP contribution in [0.4, 0.5) is 0 Å². The molecule has 1 heterocycles. The maximum absolute atomic E-state index is 5.69. The summed E-state index contributed by atoms with van der Waals surface area (Å²) in [6.07, 6.45) is 1.08. The Morgan fingerprint density at radius 2 is 2.13 bits per heavy atom. The number of rotatable bonds is 6. The number of ether oxygens (including phenoxy) is 1. The molecule has 3 heteroatoms. The standard InChI is InChI=1S/C12H21NO2/c1-9(2)7-11(13-3)12-6-5-10(15-12)8-14-4/h5-6,9,11,13H,7-8H2,1-4H3. The third-order valence-electron chi connectivity index (χ3n) is 2.37. The van der Waals surface area contributed by atoms with Crippen molar-refractivity contribution >= 4 is 0 Å². The lowest BCUT2D eigenvalue weighted by Gasteiger charge is -2.15. The van der Waals surface area contributed by atoms with E-state index in [0.29, 0.717) is 18.6 Å². The Hall–Kier alpha value is -0.800. The molecule has 0 radical (unpaired) electrons. The molecular formula is C12H21NO2. The van der Waals surface area contributed by atoms with Crippen molar-refractivity contribution < 1.29 is 9.15 Å². The van der Waals surface area contributed by atoms with E-state index < -0.39 is 0 Å². The van der Waals surface area contributed by atoms with Crippen molar-refractivity contribution in [1.82, 2.24) is 5.32 Å². The molecule has 0 saturated heterocycles. The Kier molecular flexibility index (Phi) is 4.85. The molecule has 1 N–H and O–H groups in total. The van der Waals surface area contributed by atoms with Gasteiger partial charge in [0.2, 0.25) is 0 Å². The smallest absolute Gasteiger partial charge is 0.129 e. The fourth-order valence-corrected chi connectivity index (χ4v) is 1.65. The van der Waals surface area contributed by atoms with Crippen LogP contribution in [-0.2, 0) is 11.3 Å². The Bertz CT molecular complexity index is 281. The molecule has 0 bridgehead atoms. The molecule has 0 saturated carbocycles. The van der Waals surface area contributed by atoms with Crippen LogP contribution in [0.25, 0.3) is 0 Å². The zero-order chi connectivity index (χ0) is 11.3. The maximum atomic E-state index is 5.69. The number of nitrogens with one attached hydrogen (secondary N) is 1. The molecule has 0 aliphatic rings. The Labute approximate surface area is 91.8 Å². The van der Waals surface area contributed by atoms with Crippen LogP contribution in [0.3, 0.4) is 0 Å². The summed E-state index contributed by atoms with van der Waals surface area (Å²) in [6, 6.07) is 4.30. The summed E-state index contributed by atoms with van der Waals surface area (Å²) in [5.74, 6) is 2.54. The molecule has 0 amide bonds. The van der Waals surface area contributed by atoms with Gasteiger partial charge >= 0.3 is 0 Å². The molecular weight excluding hydrogens is 190 g/mol. The molecule has 86 valence electrons. The maximum Gasteiger partial charge on any atom is 0.129 e. The average molecular weight is 211 g/mol. The van der Waals surface area contributed by atoms with Gasteiger partial charge in [0.05, 0.1) is 6.04 Å². The topological polar surface area (TPSA) is 34.4 Å². The number of hydrogen-bond acceptors (Lipinski definition) is 3. The third kappa shape index (κ3) is 3.68. The minimum Gasteiger partial charge on any atom is -0.462 e. The highest BCUT2D eigenvalue weighted by atomic mass is 16.5. The van der Waals surface area contributed by atoms with E-state index in [0.717, 1.165) is 17.9 Å². The average Bonchev–Trinajstić information content (AvgIpc) is 2.63. The first-order valence-electron chi connectivity index (χ1n) is 5.42. The van der Waals surface area contributed by atoms with Crippen molar-refractivity contribution in [3.05, 3.63) is 23.7 Å². The fraction of sp³-hybridized carbons (Fsp3) is 0.667. The summed E-state index contributed by atoms with van der Waals surface area (Å²) in [4.78, 5) is 0. The minimum atomic E-state index is 0.301. The van der Waals surface area contributed by atoms with E-state index in [1.165, 1.54) is 0 Å². The van der Waals surface area contributed by atoms with E-state index in [-0.39, 0.29) is 0 Å². The highest BCUT2D eigenvalue weighted by Crippen LogP contribution is 2.23. The molecule has 15 heavy (non-hydrogen) atoms. The van der Waals surface area contributed by atoms with Crippen molar-refractivity contribution in [2.75, 3.05) is 14.2 Å². The molecule has 0 aliphatic heterocycles. The fourth-order valence-electron chi connectivity index (χ4n) is 1.65. The summed E-state index contributed by atoms with van der Waals surface area (Å²) in [5, 5.41) is 3.27. The van der Waals surface area contributed by atoms with Gasteiger partial charge in [-0.3, -0.25) is 0 Å². The monoisotopic (exact) mass is 211 g/mol. The van der Waals surface area contributed by atoms with Crippen LogP contribution in [0.1, 0.15) is 37.8 Å². The quantitative estimate of drug-likeness (QED) is 0.785. The Morgan fingerprint density at radius 3 is 2.67 bits per heavy atom. The molecule has 3 nitrogen and oxygen atoms in total. The summed E-state index contributed by atoms with van der Waals surface area (Å²) >= 11 is 0. The summed E-state index contributed by atoms with van der Waals surface area (Å²) in [6.45, 7) is 4.96.